The second-order valence-corrected chi connectivity index (χ2v) is 5.46. The number of hydrogen-bond donors (Lipinski definition) is 1. The van der Waals surface area contributed by atoms with Gasteiger partial charge in [-0.2, -0.15) is 0 Å². The van der Waals surface area contributed by atoms with Gasteiger partial charge in [0.2, 0.25) is 0 Å². The zero-order valence-electron chi connectivity index (χ0n) is 10.7. The average molecular weight is 246 g/mol. The lowest BCUT2D eigenvalue weighted by molar-refractivity contribution is 0.687. The van der Waals surface area contributed by atoms with Gasteiger partial charge in [0.05, 0.1) is 6.04 Å². The summed E-state index contributed by atoms with van der Waals surface area (Å²) >= 11 is 1.80. The first-order valence-electron chi connectivity index (χ1n) is 5.78. The van der Waals surface area contributed by atoms with Crippen LogP contribution in [0.25, 0.3) is 0 Å². The molecule has 0 amide bonds. The molecule has 17 heavy (non-hydrogen) atoms. The molecular weight excluding hydrogens is 228 g/mol. The van der Waals surface area contributed by atoms with Crippen molar-refractivity contribution in [3.05, 3.63) is 51.0 Å². The molecule has 0 spiro atoms. The van der Waals surface area contributed by atoms with Crippen LogP contribution < -0.4 is 5.32 Å². The highest BCUT2D eigenvalue weighted by atomic mass is 32.1. The molecule has 0 aliphatic carbocycles. The molecule has 90 valence electrons. The third kappa shape index (κ3) is 2.56. The maximum Gasteiger partial charge on any atom is 0.0586 e. The minimum atomic E-state index is 0.265. The standard InChI is InChI=1S/C14H18N2S/c1-9-7-12(8-10(2)16-9)14(15-4)13-5-6-17-11(13)3/h5-8,14-15H,1-4H3. The molecule has 1 N–H and O–H groups in total. The molecule has 0 bridgehead atoms. The highest BCUT2D eigenvalue weighted by molar-refractivity contribution is 7.10. The van der Waals surface area contributed by atoms with E-state index in [1.54, 1.807) is 11.3 Å². The van der Waals surface area contributed by atoms with E-state index in [4.69, 9.17) is 0 Å². The second kappa shape index (κ2) is 4.98. The number of nitrogens with zero attached hydrogens (tertiary/aromatic N) is 1. The Balaban J connectivity index is 2.45. The molecule has 0 aromatic carbocycles. The number of pyridine rings is 1. The highest BCUT2D eigenvalue weighted by Gasteiger charge is 2.15. The lowest BCUT2D eigenvalue weighted by Gasteiger charge is -2.18. The summed E-state index contributed by atoms with van der Waals surface area (Å²) in [6.45, 7) is 6.26. The van der Waals surface area contributed by atoms with E-state index in [0.29, 0.717) is 0 Å². The van der Waals surface area contributed by atoms with Crippen molar-refractivity contribution in [3.8, 4) is 0 Å². The molecule has 3 heteroatoms. The van der Waals surface area contributed by atoms with Gasteiger partial charge in [0.25, 0.3) is 0 Å². The van der Waals surface area contributed by atoms with Gasteiger partial charge in [-0.3, -0.25) is 4.98 Å². The summed E-state index contributed by atoms with van der Waals surface area (Å²) in [5, 5.41) is 5.54. The number of thiophene rings is 1. The molecule has 0 aliphatic rings. The van der Waals surface area contributed by atoms with Crippen molar-refractivity contribution < 1.29 is 0 Å². The van der Waals surface area contributed by atoms with Crippen LogP contribution in [0.3, 0.4) is 0 Å². The van der Waals surface area contributed by atoms with E-state index >= 15 is 0 Å². The van der Waals surface area contributed by atoms with Crippen molar-refractivity contribution in [1.29, 1.82) is 0 Å². The molecule has 0 aliphatic heterocycles. The molecule has 1 unspecified atom stereocenters. The van der Waals surface area contributed by atoms with Crippen molar-refractivity contribution in [2.45, 2.75) is 26.8 Å². The van der Waals surface area contributed by atoms with Gasteiger partial charge in [-0.05, 0) is 62.5 Å². The van der Waals surface area contributed by atoms with Crippen molar-refractivity contribution in [2.24, 2.45) is 0 Å². The molecule has 1 atom stereocenters. The van der Waals surface area contributed by atoms with Crippen molar-refractivity contribution >= 4 is 11.3 Å². The Kier molecular flexibility index (Phi) is 3.60. The summed E-state index contributed by atoms with van der Waals surface area (Å²) in [5.74, 6) is 0. The monoisotopic (exact) mass is 246 g/mol. The van der Waals surface area contributed by atoms with E-state index < -0.39 is 0 Å². The van der Waals surface area contributed by atoms with Crippen LogP contribution in [-0.2, 0) is 0 Å². The van der Waals surface area contributed by atoms with Crippen LogP contribution in [0.1, 0.15) is 33.4 Å². The minimum absolute atomic E-state index is 0.265. The molecule has 0 fully saturated rings. The maximum atomic E-state index is 4.43. The van der Waals surface area contributed by atoms with E-state index in [-0.39, 0.29) is 6.04 Å². The summed E-state index contributed by atoms with van der Waals surface area (Å²) in [5.41, 5.74) is 4.81. The van der Waals surface area contributed by atoms with Crippen molar-refractivity contribution in [1.82, 2.24) is 10.3 Å². The molecule has 0 radical (unpaired) electrons. The highest BCUT2D eigenvalue weighted by Crippen LogP contribution is 2.28. The number of hydrogen-bond acceptors (Lipinski definition) is 3. The normalized spacial score (nSPS) is 12.7. The zero-order chi connectivity index (χ0) is 12.4. The number of aryl methyl sites for hydroxylation is 3. The van der Waals surface area contributed by atoms with Gasteiger partial charge in [-0.1, -0.05) is 0 Å². The predicted octanol–water partition coefficient (Wildman–Crippen LogP) is 3.38. The molecule has 2 rings (SSSR count). The first kappa shape index (κ1) is 12.3. The quantitative estimate of drug-likeness (QED) is 0.898. The van der Waals surface area contributed by atoms with Crippen LogP contribution in [0.2, 0.25) is 0 Å². The van der Waals surface area contributed by atoms with Crippen molar-refractivity contribution in [3.63, 3.8) is 0 Å². The number of aromatic nitrogens is 1. The fraction of sp³-hybridized carbons (Fsp3) is 0.357. The minimum Gasteiger partial charge on any atom is -0.309 e. The third-order valence-corrected chi connectivity index (χ3v) is 3.80. The summed E-state index contributed by atoms with van der Waals surface area (Å²) in [6, 6.07) is 6.78. The fourth-order valence-corrected chi connectivity index (χ4v) is 2.97. The van der Waals surface area contributed by atoms with Crippen LogP contribution in [-0.4, -0.2) is 12.0 Å². The number of nitrogens with one attached hydrogen (secondary N) is 1. The first-order valence-corrected chi connectivity index (χ1v) is 6.66. The Labute approximate surface area is 107 Å². The van der Waals surface area contributed by atoms with Gasteiger partial charge < -0.3 is 5.32 Å². The lowest BCUT2D eigenvalue weighted by Crippen LogP contribution is -2.18. The van der Waals surface area contributed by atoms with Crippen LogP contribution in [0, 0.1) is 20.8 Å². The van der Waals surface area contributed by atoms with Crippen LogP contribution >= 0.6 is 11.3 Å². The van der Waals surface area contributed by atoms with Gasteiger partial charge >= 0.3 is 0 Å². The Morgan fingerprint density at radius 2 is 1.82 bits per heavy atom. The summed E-state index contributed by atoms with van der Waals surface area (Å²) in [7, 11) is 2.01. The largest absolute Gasteiger partial charge is 0.309 e. The van der Waals surface area contributed by atoms with E-state index in [1.165, 1.54) is 16.0 Å². The fourth-order valence-electron chi connectivity index (χ4n) is 2.23. The molecule has 0 saturated carbocycles. The smallest absolute Gasteiger partial charge is 0.0586 e. The zero-order valence-corrected chi connectivity index (χ0v) is 11.6. The summed E-state index contributed by atoms with van der Waals surface area (Å²) < 4.78 is 0. The van der Waals surface area contributed by atoms with Crippen LogP contribution in [0.15, 0.2) is 23.6 Å². The Hall–Kier alpha value is -1.19. The summed E-state index contributed by atoms with van der Waals surface area (Å²) in [6.07, 6.45) is 0. The van der Waals surface area contributed by atoms with E-state index in [1.807, 2.05) is 20.9 Å². The van der Waals surface area contributed by atoms with Gasteiger partial charge in [-0.15, -0.1) is 11.3 Å². The number of rotatable bonds is 3. The van der Waals surface area contributed by atoms with E-state index in [9.17, 15) is 0 Å². The molecule has 2 nitrogen and oxygen atoms in total. The predicted molar refractivity (Wildman–Crippen MR) is 73.7 cm³/mol. The Morgan fingerprint density at radius 1 is 1.18 bits per heavy atom. The van der Waals surface area contributed by atoms with Gasteiger partial charge in [0.15, 0.2) is 0 Å². The molecule has 2 aromatic heterocycles. The second-order valence-electron chi connectivity index (χ2n) is 4.34. The van der Waals surface area contributed by atoms with Crippen LogP contribution in [0.5, 0.6) is 0 Å². The Morgan fingerprint density at radius 3 is 2.29 bits per heavy atom. The first-order chi connectivity index (χ1) is 8.11. The Bertz CT molecular complexity index is 496. The third-order valence-electron chi connectivity index (χ3n) is 2.94. The van der Waals surface area contributed by atoms with E-state index in [2.05, 4.69) is 40.8 Å². The van der Waals surface area contributed by atoms with Gasteiger partial charge in [0.1, 0.15) is 0 Å². The topological polar surface area (TPSA) is 24.9 Å². The molecule has 0 saturated heterocycles. The summed E-state index contributed by atoms with van der Waals surface area (Å²) in [4.78, 5) is 5.80. The average Bonchev–Trinajstić information content (AvgIpc) is 2.65. The molecular formula is C14H18N2S. The van der Waals surface area contributed by atoms with Crippen molar-refractivity contribution in [2.75, 3.05) is 7.05 Å². The van der Waals surface area contributed by atoms with Crippen LogP contribution in [0.4, 0.5) is 0 Å². The maximum absolute atomic E-state index is 4.43. The molecule has 2 heterocycles. The lowest BCUT2D eigenvalue weighted by atomic mass is 9.99. The van der Waals surface area contributed by atoms with Gasteiger partial charge in [-0.25, -0.2) is 0 Å². The van der Waals surface area contributed by atoms with Gasteiger partial charge in [0, 0.05) is 16.3 Å². The SMILES string of the molecule is CNC(c1cc(C)nc(C)c1)c1ccsc1C. The van der Waals surface area contributed by atoms with E-state index in [0.717, 1.165) is 11.4 Å². The molecule has 2 aromatic rings.